The molecule has 5 heteroatoms. The molecule has 1 aromatic rings. The van der Waals surface area contributed by atoms with Gasteiger partial charge in [-0.05, 0) is 44.4 Å². The van der Waals surface area contributed by atoms with Crippen molar-refractivity contribution in [2.24, 2.45) is 17.6 Å². The summed E-state index contributed by atoms with van der Waals surface area (Å²) in [6, 6.07) is 0.649. The minimum absolute atomic E-state index is 0.0531. The third-order valence-electron chi connectivity index (χ3n) is 4.63. The summed E-state index contributed by atoms with van der Waals surface area (Å²) in [5.41, 5.74) is 8.69. The highest BCUT2D eigenvalue weighted by atomic mass is 32.1. The molecule has 3 N–H and O–H groups in total. The molecule has 104 valence electrons. The van der Waals surface area contributed by atoms with Crippen LogP contribution in [0.25, 0.3) is 0 Å². The molecule has 0 aromatic carbocycles. The zero-order valence-corrected chi connectivity index (χ0v) is 12.1. The van der Waals surface area contributed by atoms with E-state index in [0.717, 1.165) is 23.4 Å². The smallest absolute Gasteiger partial charge is 0.263 e. The highest BCUT2D eigenvalue weighted by molar-refractivity contribution is 7.11. The van der Waals surface area contributed by atoms with Crippen LogP contribution in [0.15, 0.2) is 5.51 Å². The maximum Gasteiger partial charge on any atom is 0.263 e. The third-order valence-corrected chi connectivity index (χ3v) is 5.55. The topological polar surface area (TPSA) is 68.0 Å². The molecular weight excluding hydrogens is 258 g/mol. The summed E-state index contributed by atoms with van der Waals surface area (Å²) in [6.07, 6.45) is 5.81. The molecule has 2 atom stereocenters. The number of aromatic nitrogens is 1. The normalized spacial score (nSPS) is 34.0. The van der Waals surface area contributed by atoms with Crippen molar-refractivity contribution < 1.29 is 4.79 Å². The Morgan fingerprint density at radius 3 is 2.68 bits per heavy atom. The minimum atomic E-state index is 0.0531. The van der Waals surface area contributed by atoms with Gasteiger partial charge in [0.05, 0.1) is 11.2 Å². The lowest BCUT2D eigenvalue weighted by Crippen LogP contribution is -2.53. The lowest BCUT2D eigenvalue weighted by Gasteiger charge is -2.45. The van der Waals surface area contributed by atoms with Gasteiger partial charge in [0, 0.05) is 12.1 Å². The average molecular weight is 279 g/mol. The lowest BCUT2D eigenvalue weighted by atomic mass is 9.67. The van der Waals surface area contributed by atoms with Crippen molar-refractivity contribution in [3.05, 3.63) is 16.1 Å². The molecule has 2 unspecified atom stereocenters. The van der Waals surface area contributed by atoms with Crippen molar-refractivity contribution >= 4 is 17.2 Å². The number of rotatable bonds is 2. The highest BCUT2D eigenvalue weighted by Gasteiger charge is 2.40. The monoisotopic (exact) mass is 279 g/mol. The molecule has 2 aliphatic carbocycles. The van der Waals surface area contributed by atoms with Gasteiger partial charge in [-0.15, -0.1) is 11.3 Å². The number of nitrogens with two attached hydrogens (primary N) is 1. The largest absolute Gasteiger partial charge is 0.348 e. The molecule has 19 heavy (non-hydrogen) atoms. The van der Waals surface area contributed by atoms with E-state index in [9.17, 15) is 4.79 Å². The Kier molecular flexibility index (Phi) is 3.58. The van der Waals surface area contributed by atoms with Gasteiger partial charge in [0.15, 0.2) is 0 Å². The van der Waals surface area contributed by atoms with Gasteiger partial charge in [0.2, 0.25) is 0 Å². The van der Waals surface area contributed by atoms with E-state index in [0.29, 0.717) is 23.9 Å². The van der Waals surface area contributed by atoms with Gasteiger partial charge in [0.25, 0.3) is 5.91 Å². The van der Waals surface area contributed by atoms with Crippen LogP contribution in [-0.2, 0) is 0 Å². The number of carbonyl (C=O) groups is 1. The number of fused-ring (bicyclic) bond motifs is 2. The molecule has 0 saturated heterocycles. The highest BCUT2D eigenvalue weighted by Crippen LogP contribution is 2.39. The van der Waals surface area contributed by atoms with Crippen LogP contribution in [0.3, 0.4) is 0 Å². The van der Waals surface area contributed by atoms with E-state index in [-0.39, 0.29) is 5.91 Å². The van der Waals surface area contributed by atoms with Crippen molar-refractivity contribution in [2.75, 3.05) is 0 Å². The molecule has 2 aliphatic rings. The van der Waals surface area contributed by atoms with Crippen LogP contribution in [-0.4, -0.2) is 23.0 Å². The molecule has 1 amide bonds. The summed E-state index contributed by atoms with van der Waals surface area (Å²) in [5.74, 6) is 1.19. The number of hydrogen-bond acceptors (Lipinski definition) is 4. The summed E-state index contributed by atoms with van der Waals surface area (Å²) in [5, 5.41) is 3.26. The van der Waals surface area contributed by atoms with E-state index in [2.05, 4.69) is 10.3 Å². The number of aryl methyl sites for hydroxylation is 1. The Bertz CT molecular complexity index is 459. The van der Waals surface area contributed by atoms with Crippen LogP contribution in [0.1, 0.15) is 47.5 Å². The van der Waals surface area contributed by atoms with Gasteiger partial charge in [-0.3, -0.25) is 4.79 Å². The lowest BCUT2D eigenvalue weighted by molar-refractivity contribution is 0.0759. The second-order valence-corrected chi connectivity index (χ2v) is 6.80. The summed E-state index contributed by atoms with van der Waals surface area (Å²) in [6.45, 7) is 1.89. The summed E-state index contributed by atoms with van der Waals surface area (Å²) < 4.78 is 0. The standard InChI is InChI=1S/C14H21N3OS/c1-8-13(19-7-16-8)14(18)17-12-9-3-2-4-10(12)6-11(15)5-9/h7,9-12H,2-6,15H2,1H3,(H,17,18). The van der Waals surface area contributed by atoms with E-state index in [1.807, 2.05) is 6.92 Å². The minimum Gasteiger partial charge on any atom is -0.348 e. The van der Waals surface area contributed by atoms with E-state index in [1.54, 1.807) is 5.51 Å². The Balaban J connectivity index is 1.72. The van der Waals surface area contributed by atoms with Gasteiger partial charge >= 0.3 is 0 Å². The molecule has 1 aromatic heterocycles. The van der Waals surface area contributed by atoms with Gasteiger partial charge < -0.3 is 11.1 Å². The molecule has 2 saturated carbocycles. The first kappa shape index (κ1) is 13.1. The second-order valence-electron chi connectivity index (χ2n) is 5.95. The maximum absolute atomic E-state index is 12.3. The first-order chi connectivity index (χ1) is 9.15. The quantitative estimate of drug-likeness (QED) is 0.871. The number of nitrogens with one attached hydrogen (secondary N) is 1. The Labute approximate surface area is 117 Å². The van der Waals surface area contributed by atoms with Crippen LogP contribution in [0.2, 0.25) is 0 Å². The predicted molar refractivity (Wildman–Crippen MR) is 76.1 cm³/mol. The number of carbonyl (C=O) groups excluding carboxylic acids is 1. The van der Waals surface area contributed by atoms with Crippen LogP contribution in [0.5, 0.6) is 0 Å². The summed E-state index contributed by atoms with van der Waals surface area (Å²) >= 11 is 1.43. The first-order valence-electron chi connectivity index (χ1n) is 7.11. The molecule has 4 nitrogen and oxygen atoms in total. The predicted octanol–water partition coefficient (Wildman–Crippen LogP) is 2.09. The third kappa shape index (κ3) is 2.54. The SMILES string of the molecule is Cc1ncsc1C(=O)NC1C2CCCC1CC(N)C2. The molecular formula is C14H21N3OS. The molecule has 3 rings (SSSR count). The molecule has 2 fully saturated rings. The zero-order valence-electron chi connectivity index (χ0n) is 11.3. The van der Waals surface area contributed by atoms with E-state index in [1.165, 1.54) is 30.6 Å². The van der Waals surface area contributed by atoms with Crippen LogP contribution >= 0.6 is 11.3 Å². The van der Waals surface area contributed by atoms with Crippen molar-refractivity contribution in [3.8, 4) is 0 Å². The number of amides is 1. The van der Waals surface area contributed by atoms with Gasteiger partial charge in [-0.2, -0.15) is 0 Å². The maximum atomic E-state index is 12.3. The van der Waals surface area contributed by atoms with E-state index in [4.69, 9.17) is 5.73 Å². The van der Waals surface area contributed by atoms with E-state index >= 15 is 0 Å². The van der Waals surface area contributed by atoms with Crippen molar-refractivity contribution in [3.63, 3.8) is 0 Å². The number of thiazole rings is 1. The van der Waals surface area contributed by atoms with Gasteiger partial charge in [-0.25, -0.2) is 4.98 Å². The Morgan fingerprint density at radius 2 is 2.11 bits per heavy atom. The molecule has 2 bridgehead atoms. The Morgan fingerprint density at radius 1 is 1.42 bits per heavy atom. The molecule has 0 spiro atoms. The fraction of sp³-hybridized carbons (Fsp3) is 0.714. The molecule has 1 heterocycles. The fourth-order valence-electron chi connectivity index (χ4n) is 3.76. The molecule has 0 radical (unpaired) electrons. The van der Waals surface area contributed by atoms with Crippen molar-refractivity contribution in [1.82, 2.24) is 10.3 Å². The fourth-order valence-corrected chi connectivity index (χ4v) is 4.47. The molecule has 0 aliphatic heterocycles. The number of nitrogens with zero attached hydrogens (tertiary/aromatic N) is 1. The van der Waals surface area contributed by atoms with Crippen LogP contribution in [0.4, 0.5) is 0 Å². The summed E-state index contributed by atoms with van der Waals surface area (Å²) in [7, 11) is 0. The average Bonchev–Trinajstić information content (AvgIpc) is 2.76. The zero-order chi connectivity index (χ0) is 13.4. The number of hydrogen-bond donors (Lipinski definition) is 2. The van der Waals surface area contributed by atoms with Gasteiger partial charge in [0.1, 0.15) is 4.88 Å². The van der Waals surface area contributed by atoms with E-state index < -0.39 is 0 Å². The first-order valence-corrected chi connectivity index (χ1v) is 7.99. The summed E-state index contributed by atoms with van der Waals surface area (Å²) in [4.78, 5) is 17.2. The van der Waals surface area contributed by atoms with Gasteiger partial charge in [-0.1, -0.05) is 6.42 Å². The van der Waals surface area contributed by atoms with Crippen molar-refractivity contribution in [2.45, 2.75) is 51.1 Å². The Hall–Kier alpha value is -0.940. The van der Waals surface area contributed by atoms with Crippen LogP contribution < -0.4 is 11.1 Å². The second kappa shape index (κ2) is 5.21. The van der Waals surface area contributed by atoms with Crippen molar-refractivity contribution in [1.29, 1.82) is 0 Å². The van der Waals surface area contributed by atoms with Crippen LogP contribution in [0, 0.1) is 18.8 Å².